The Kier molecular flexibility index (Phi) is 6.95. The Morgan fingerprint density at radius 1 is 1.14 bits per heavy atom. The van der Waals surface area contributed by atoms with Crippen LogP contribution < -0.4 is 4.80 Å². The predicted molar refractivity (Wildman–Crippen MR) is 120 cm³/mol. The van der Waals surface area contributed by atoms with Crippen molar-refractivity contribution < 1.29 is 8.42 Å². The second-order valence-corrected chi connectivity index (χ2v) is 10.2. The molecule has 8 heteroatoms. The number of sulfonamides is 1. The van der Waals surface area contributed by atoms with E-state index in [4.69, 9.17) is 16.6 Å². The third-order valence-electron chi connectivity index (χ3n) is 4.50. The van der Waals surface area contributed by atoms with Crippen molar-refractivity contribution in [1.82, 2.24) is 8.87 Å². The maximum Gasteiger partial charge on any atom is 0.244 e. The van der Waals surface area contributed by atoms with Gasteiger partial charge in [-0.25, -0.2) is 17.7 Å². The molecule has 1 heterocycles. The molecule has 0 unspecified atom stereocenters. The quantitative estimate of drug-likeness (QED) is 0.500. The van der Waals surface area contributed by atoms with Gasteiger partial charge in [-0.15, -0.1) is 11.3 Å². The van der Waals surface area contributed by atoms with E-state index >= 15 is 0 Å². The zero-order valence-electron chi connectivity index (χ0n) is 16.7. The Labute approximate surface area is 181 Å². The van der Waals surface area contributed by atoms with Gasteiger partial charge in [0.25, 0.3) is 0 Å². The normalized spacial score (nSPS) is 12.7. The van der Waals surface area contributed by atoms with Crippen LogP contribution in [0.15, 0.2) is 63.8 Å². The molecule has 0 aliphatic heterocycles. The Bertz CT molecular complexity index is 1150. The second kappa shape index (κ2) is 9.26. The topological polar surface area (TPSA) is 54.7 Å². The molecule has 1 aromatic heterocycles. The van der Waals surface area contributed by atoms with E-state index in [2.05, 4.69) is 11.5 Å². The van der Waals surface area contributed by atoms with Gasteiger partial charge in [0.05, 0.1) is 16.4 Å². The lowest BCUT2D eigenvalue weighted by atomic mass is 10.1. The zero-order chi connectivity index (χ0) is 21.0. The molecule has 0 aliphatic carbocycles. The highest BCUT2D eigenvalue weighted by Crippen LogP contribution is 2.30. The average molecular weight is 450 g/mol. The molecule has 0 atom stereocenters. The molecule has 2 aromatic carbocycles. The summed E-state index contributed by atoms with van der Waals surface area (Å²) >= 11 is 7.76. The molecule has 0 fully saturated rings. The first-order valence-electron chi connectivity index (χ1n) is 9.35. The van der Waals surface area contributed by atoms with Gasteiger partial charge in [-0.05, 0) is 30.7 Å². The van der Waals surface area contributed by atoms with Crippen molar-refractivity contribution in [3.63, 3.8) is 0 Å². The molecule has 0 bridgehead atoms. The van der Waals surface area contributed by atoms with Gasteiger partial charge < -0.3 is 4.57 Å². The molecule has 0 saturated carbocycles. The Morgan fingerprint density at radius 3 is 2.52 bits per heavy atom. The van der Waals surface area contributed by atoms with Gasteiger partial charge in [0.2, 0.25) is 10.0 Å². The highest BCUT2D eigenvalue weighted by Gasteiger charge is 2.22. The molecule has 5 nitrogen and oxygen atoms in total. The lowest BCUT2D eigenvalue weighted by Gasteiger charge is -2.15. The van der Waals surface area contributed by atoms with Crippen molar-refractivity contribution in [2.75, 3.05) is 14.1 Å². The zero-order valence-corrected chi connectivity index (χ0v) is 19.1. The number of aromatic nitrogens is 1. The number of benzene rings is 2. The number of rotatable bonds is 7. The minimum atomic E-state index is -3.64. The van der Waals surface area contributed by atoms with E-state index in [-0.39, 0.29) is 9.92 Å². The molecule has 0 radical (unpaired) electrons. The molecular formula is C21H24ClN3O2S2. The van der Waals surface area contributed by atoms with Crippen LogP contribution in [0.2, 0.25) is 5.02 Å². The lowest BCUT2D eigenvalue weighted by Crippen LogP contribution is -2.22. The van der Waals surface area contributed by atoms with Crippen LogP contribution in [0.4, 0.5) is 5.69 Å². The van der Waals surface area contributed by atoms with Gasteiger partial charge in [-0.3, -0.25) is 0 Å². The first-order valence-corrected chi connectivity index (χ1v) is 12.0. The monoisotopic (exact) mass is 449 g/mol. The summed E-state index contributed by atoms with van der Waals surface area (Å²) in [6.45, 7) is 2.95. The van der Waals surface area contributed by atoms with Crippen molar-refractivity contribution >= 4 is 38.6 Å². The van der Waals surface area contributed by atoms with E-state index in [9.17, 15) is 8.42 Å². The Hall–Kier alpha value is -1.93. The summed E-state index contributed by atoms with van der Waals surface area (Å²) in [5.41, 5.74) is 2.62. The van der Waals surface area contributed by atoms with Crippen LogP contribution in [0.3, 0.4) is 0 Å². The van der Waals surface area contributed by atoms with Crippen LogP contribution in [0, 0.1) is 0 Å². The minimum Gasteiger partial charge on any atom is -0.316 e. The number of thiazole rings is 1. The van der Waals surface area contributed by atoms with Gasteiger partial charge in [0.15, 0.2) is 4.80 Å². The summed E-state index contributed by atoms with van der Waals surface area (Å²) in [4.78, 5) is 5.78. The fraction of sp³-hybridized carbons (Fsp3) is 0.286. The van der Waals surface area contributed by atoms with Crippen LogP contribution in [-0.2, 0) is 16.6 Å². The molecule has 3 aromatic rings. The highest BCUT2D eigenvalue weighted by molar-refractivity contribution is 7.89. The van der Waals surface area contributed by atoms with E-state index in [0.29, 0.717) is 0 Å². The summed E-state index contributed by atoms with van der Waals surface area (Å²) in [5, 5.41) is 2.24. The molecule has 0 aliphatic rings. The first-order chi connectivity index (χ1) is 13.8. The number of unbranched alkanes of at least 4 members (excludes halogenated alkanes) is 1. The van der Waals surface area contributed by atoms with Crippen LogP contribution in [0.5, 0.6) is 0 Å². The number of para-hydroxylation sites is 1. The number of hydrogen-bond donors (Lipinski definition) is 0. The SMILES string of the molecule is CCCCn1c(-c2ccc(Cl)c(S(=O)(=O)N(C)C)c2)csc1=Nc1ccccc1. The third kappa shape index (κ3) is 4.80. The number of nitrogens with zero attached hydrogens (tertiary/aromatic N) is 3. The van der Waals surface area contributed by atoms with Gasteiger partial charge in [-0.2, -0.15) is 0 Å². The van der Waals surface area contributed by atoms with Crippen LogP contribution in [0.25, 0.3) is 11.3 Å². The van der Waals surface area contributed by atoms with Crippen LogP contribution in [-0.4, -0.2) is 31.4 Å². The second-order valence-electron chi connectivity index (χ2n) is 6.79. The van der Waals surface area contributed by atoms with E-state index in [1.54, 1.807) is 23.5 Å². The van der Waals surface area contributed by atoms with E-state index in [0.717, 1.165) is 41.1 Å². The van der Waals surface area contributed by atoms with Crippen LogP contribution >= 0.6 is 22.9 Å². The van der Waals surface area contributed by atoms with E-state index in [1.807, 2.05) is 41.8 Å². The average Bonchev–Trinajstić information content (AvgIpc) is 3.09. The van der Waals surface area contributed by atoms with Gasteiger partial charge in [0.1, 0.15) is 4.90 Å². The fourth-order valence-corrected chi connectivity index (χ4v) is 5.20. The summed E-state index contributed by atoms with van der Waals surface area (Å²) in [6, 6.07) is 15.0. The molecule has 0 saturated heterocycles. The highest BCUT2D eigenvalue weighted by atomic mass is 35.5. The van der Waals surface area contributed by atoms with Crippen molar-refractivity contribution in [2.24, 2.45) is 4.99 Å². The Balaban J connectivity index is 2.16. The Morgan fingerprint density at radius 2 is 1.86 bits per heavy atom. The van der Waals surface area contributed by atoms with Crippen molar-refractivity contribution in [2.45, 2.75) is 31.2 Å². The van der Waals surface area contributed by atoms with Crippen molar-refractivity contribution in [3.8, 4) is 11.3 Å². The molecule has 0 spiro atoms. The minimum absolute atomic E-state index is 0.108. The number of halogens is 1. The van der Waals surface area contributed by atoms with Crippen molar-refractivity contribution in [1.29, 1.82) is 0 Å². The third-order valence-corrected chi connectivity index (χ3v) is 7.66. The maximum atomic E-state index is 12.7. The maximum absolute atomic E-state index is 12.7. The largest absolute Gasteiger partial charge is 0.316 e. The lowest BCUT2D eigenvalue weighted by molar-refractivity contribution is 0.521. The molecule has 0 N–H and O–H groups in total. The molecular weight excluding hydrogens is 426 g/mol. The standard InChI is InChI=1S/C21H24ClN3O2S2/c1-4-5-13-25-19(15-28-21(25)23-17-9-7-6-8-10-17)16-11-12-18(22)20(14-16)29(26,27)24(2)3/h6-12,14-15H,4-5,13H2,1-3H3. The summed E-state index contributed by atoms with van der Waals surface area (Å²) in [6.07, 6.45) is 2.05. The molecule has 3 rings (SSSR count). The predicted octanol–water partition coefficient (Wildman–Crippen LogP) is 5.15. The first kappa shape index (κ1) is 21.8. The summed E-state index contributed by atoms with van der Waals surface area (Å²) < 4.78 is 28.6. The number of hydrogen-bond acceptors (Lipinski definition) is 4. The summed E-state index contributed by atoms with van der Waals surface area (Å²) in [7, 11) is -0.635. The van der Waals surface area contributed by atoms with E-state index < -0.39 is 10.0 Å². The van der Waals surface area contributed by atoms with Crippen molar-refractivity contribution in [3.05, 3.63) is 63.7 Å². The van der Waals surface area contributed by atoms with Gasteiger partial charge in [0, 0.05) is 31.6 Å². The smallest absolute Gasteiger partial charge is 0.244 e. The van der Waals surface area contributed by atoms with E-state index in [1.165, 1.54) is 18.4 Å². The molecule has 154 valence electrons. The fourth-order valence-electron chi connectivity index (χ4n) is 2.85. The molecule has 29 heavy (non-hydrogen) atoms. The summed E-state index contributed by atoms with van der Waals surface area (Å²) in [5.74, 6) is 0. The van der Waals surface area contributed by atoms with Crippen LogP contribution in [0.1, 0.15) is 19.8 Å². The van der Waals surface area contributed by atoms with Gasteiger partial charge >= 0.3 is 0 Å². The van der Waals surface area contributed by atoms with Gasteiger partial charge in [-0.1, -0.05) is 49.2 Å². The molecule has 0 amide bonds.